The molecule has 3 rings (SSSR count). The molecule has 0 radical (unpaired) electrons. The SMILES string of the molecule is O=C(Nc1ccn[nH+]c1)c1cc(Cl)c(Cl)cc1Oc1ccc(OC(F)(F)F)cc1. The highest BCUT2D eigenvalue weighted by Crippen LogP contribution is 2.35. The minimum atomic E-state index is -4.80. The van der Waals surface area contributed by atoms with Gasteiger partial charge in [-0.2, -0.15) is 0 Å². The number of H-pyrrole nitrogens is 1. The van der Waals surface area contributed by atoms with Gasteiger partial charge in [0.25, 0.3) is 5.91 Å². The van der Waals surface area contributed by atoms with E-state index in [-0.39, 0.29) is 27.1 Å². The lowest BCUT2D eigenvalue weighted by Crippen LogP contribution is -2.17. The molecule has 2 N–H and O–H groups in total. The Balaban J connectivity index is 1.85. The van der Waals surface area contributed by atoms with Crippen LogP contribution in [0.3, 0.4) is 0 Å². The molecule has 29 heavy (non-hydrogen) atoms. The van der Waals surface area contributed by atoms with Crippen LogP contribution in [0.25, 0.3) is 0 Å². The van der Waals surface area contributed by atoms with Crippen molar-refractivity contribution in [1.82, 2.24) is 5.10 Å². The molecule has 2 aromatic carbocycles. The number of nitrogens with zero attached hydrogens (tertiary/aromatic N) is 1. The Hall–Kier alpha value is -3.04. The molecule has 0 bridgehead atoms. The molecule has 150 valence electrons. The molecule has 11 heteroatoms. The number of ether oxygens (including phenoxy) is 2. The van der Waals surface area contributed by atoms with Gasteiger partial charge in [0, 0.05) is 6.07 Å². The van der Waals surface area contributed by atoms with E-state index in [9.17, 15) is 18.0 Å². The molecule has 0 fully saturated rings. The summed E-state index contributed by atoms with van der Waals surface area (Å²) in [7, 11) is 0. The molecule has 0 aliphatic carbocycles. The van der Waals surface area contributed by atoms with Crippen molar-refractivity contribution in [3.05, 3.63) is 70.5 Å². The summed E-state index contributed by atoms with van der Waals surface area (Å²) in [5, 5.41) is 9.20. The van der Waals surface area contributed by atoms with Gasteiger partial charge in [0.15, 0.2) is 0 Å². The van der Waals surface area contributed by atoms with Gasteiger partial charge in [-0.15, -0.1) is 18.3 Å². The summed E-state index contributed by atoms with van der Waals surface area (Å²) in [5.74, 6) is -0.746. The highest BCUT2D eigenvalue weighted by atomic mass is 35.5. The molecule has 0 aliphatic rings. The first-order valence-corrected chi connectivity index (χ1v) is 8.63. The van der Waals surface area contributed by atoms with E-state index in [1.165, 1.54) is 36.7 Å². The van der Waals surface area contributed by atoms with Gasteiger partial charge in [0.05, 0.1) is 21.8 Å². The van der Waals surface area contributed by atoms with Crippen LogP contribution in [0.1, 0.15) is 10.4 Å². The number of rotatable bonds is 5. The number of aromatic amines is 1. The zero-order valence-electron chi connectivity index (χ0n) is 14.3. The molecular weight excluding hydrogens is 434 g/mol. The quantitative estimate of drug-likeness (QED) is 0.590. The summed E-state index contributed by atoms with van der Waals surface area (Å²) in [6.45, 7) is 0. The van der Waals surface area contributed by atoms with Crippen molar-refractivity contribution in [3.8, 4) is 17.2 Å². The fraction of sp³-hybridized carbons (Fsp3) is 0.0556. The third-order valence-electron chi connectivity index (χ3n) is 3.43. The largest absolute Gasteiger partial charge is 0.573 e. The van der Waals surface area contributed by atoms with Gasteiger partial charge >= 0.3 is 6.36 Å². The molecule has 0 saturated heterocycles. The number of hydrogen-bond donors (Lipinski definition) is 1. The van der Waals surface area contributed by atoms with Crippen LogP contribution in [0.4, 0.5) is 18.9 Å². The molecule has 3 aromatic rings. The van der Waals surface area contributed by atoms with Gasteiger partial charge in [0.1, 0.15) is 22.9 Å². The van der Waals surface area contributed by atoms with Crippen molar-refractivity contribution < 1.29 is 32.5 Å². The summed E-state index contributed by atoms with van der Waals surface area (Å²) in [6, 6.07) is 8.87. The van der Waals surface area contributed by atoms with E-state index in [1.807, 2.05) is 0 Å². The smallest absolute Gasteiger partial charge is 0.456 e. The van der Waals surface area contributed by atoms with E-state index in [0.29, 0.717) is 5.69 Å². The number of amides is 1. The van der Waals surface area contributed by atoms with Crippen molar-refractivity contribution in [2.45, 2.75) is 6.36 Å². The number of carbonyl (C=O) groups excluding carboxylic acids is 1. The zero-order chi connectivity index (χ0) is 21.0. The first-order valence-electron chi connectivity index (χ1n) is 7.87. The number of anilines is 1. The Morgan fingerprint density at radius 2 is 1.69 bits per heavy atom. The van der Waals surface area contributed by atoms with Crippen LogP contribution < -0.4 is 19.9 Å². The van der Waals surface area contributed by atoms with E-state index in [2.05, 4.69) is 20.3 Å². The second-order valence-corrected chi connectivity index (χ2v) is 6.33. The van der Waals surface area contributed by atoms with Crippen molar-refractivity contribution in [2.24, 2.45) is 0 Å². The van der Waals surface area contributed by atoms with Gasteiger partial charge in [-0.25, -0.2) is 0 Å². The predicted octanol–water partition coefficient (Wildman–Crippen LogP) is 5.15. The predicted molar refractivity (Wildman–Crippen MR) is 98.4 cm³/mol. The Kier molecular flexibility index (Phi) is 6.09. The second kappa shape index (κ2) is 8.54. The minimum absolute atomic E-state index is 0.0550. The number of aromatic nitrogens is 2. The maximum absolute atomic E-state index is 12.6. The van der Waals surface area contributed by atoms with Crippen molar-refractivity contribution in [2.75, 3.05) is 5.32 Å². The average molecular weight is 445 g/mol. The number of benzene rings is 2. The monoisotopic (exact) mass is 444 g/mol. The minimum Gasteiger partial charge on any atom is -0.456 e. The van der Waals surface area contributed by atoms with Crippen LogP contribution in [0, 0.1) is 0 Å². The topological polar surface area (TPSA) is 74.6 Å². The lowest BCUT2D eigenvalue weighted by atomic mass is 10.1. The third-order valence-corrected chi connectivity index (χ3v) is 4.16. The summed E-state index contributed by atoms with van der Waals surface area (Å²) in [5.41, 5.74) is 0.502. The Morgan fingerprint density at radius 3 is 2.31 bits per heavy atom. The Labute approximate surface area is 172 Å². The van der Waals surface area contributed by atoms with Crippen LogP contribution in [0.15, 0.2) is 54.9 Å². The number of nitrogens with one attached hydrogen (secondary N) is 2. The van der Waals surface area contributed by atoms with Gasteiger partial charge < -0.3 is 14.8 Å². The van der Waals surface area contributed by atoms with E-state index in [0.717, 1.165) is 12.1 Å². The molecule has 1 heterocycles. The maximum Gasteiger partial charge on any atom is 0.573 e. The third kappa shape index (κ3) is 5.72. The zero-order valence-corrected chi connectivity index (χ0v) is 15.8. The molecule has 0 unspecified atom stereocenters. The van der Waals surface area contributed by atoms with Gasteiger partial charge in [0.2, 0.25) is 6.20 Å². The number of halogens is 5. The molecule has 6 nitrogen and oxygen atoms in total. The van der Waals surface area contributed by atoms with Crippen LogP contribution in [-0.4, -0.2) is 17.4 Å². The summed E-state index contributed by atoms with van der Waals surface area (Å²) in [4.78, 5) is 12.6. The highest BCUT2D eigenvalue weighted by molar-refractivity contribution is 6.42. The highest BCUT2D eigenvalue weighted by Gasteiger charge is 2.31. The van der Waals surface area contributed by atoms with Crippen molar-refractivity contribution >= 4 is 34.8 Å². The molecule has 1 amide bonds. The normalized spacial score (nSPS) is 11.1. The first kappa shape index (κ1) is 20.7. The lowest BCUT2D eigenvalue weighted by Gasteiger charge is -2.13. The first-order chi connectivity index (χ1) is 13.7. The summed E-state index contributed by atoms with van der Waals surface area (Å²) < 4.78 is 46.2. The summed E-state index contributed by atoms with van der Waals surface area (Å²) in [6.07, 6.45) is -1.89. The van der Waals surface area contributed by atoms with E-state index < -0.39 is 18.0 Å². The molecular formula is C18H11Cl2F3N3O3+. The fourth-order valence-corrected chi connectivity index (χ4v) is 2.54. The fourth-order valence-electron chi connectivity index (χ4n) is 2.22. The van der Waals surface area contributed by atoms with Gasteiger partial charge in [-0.05, 0) is 41.5 Å². The van der Waals surface area contributed by atoms with Crippen LogP contribution in [0.2, 0.25) is 10.0 Å². The average Bonchev–Trinajstić information content (AvgIpc) is 2.65. The molecule has 1 aromatic heterocycles. The second-order valence-electron chi connectivity index (χ2n) is 5.51. The maximum atomic E-state index is 12.6. The van der Waals surface area contributed by atoms with Crippen LogP contribution in [0.5, 0.6) is 17.2 Å². The number of carbonyl (C=O) groups is 1. The Bertz CT molecular complexity index is 1020. The molecule has 0 saturated carbocycles. The van der Waals surface area contributed by atoms with E-state index in [4.69, 9.17) is 27.9 Å². The molecule has 0 spiro atoms. The van der Waals surface area contributed by atoms with Crippen molar-refractivity contribution in [1.29, 1.82) is 0 Å². The number of hydrogen-bond acceptors (Lipinski definition) is 4. The van der Waals surface area contributed by atoms with Crippen LogP contribution in [-0.2, 0) is 0 Å². The standard InChI is InChI=1S/C18H10Cl2F3N3O3/c19-14-7-13(17(27)26-10-5-6-24-25-9-10)16(8-15(14)20)28-11-1-3-12(4-2-11)29-18(21,22)23/h1-9H,(H,24,26,27)/p+1. The lowest BCUT2D eigenvalue weighted by molar-refractivity contribution is -0.454. The summed E-state index contributed by atoms with van der Waals surface area (Å²) >= 11 is 12.0. The number of alkyl halides is 3. The van der Waals surface area contributed by atoms with Gasteiger partial charge in [-0.3, -0.25) is 4.79 Å². The molecule has 0 aliphatic heterocycles. The van der Waals surface area contributed by atoms with Crippen molar-refractivity contribution in [3.63, 3.8) is 0 Å². The molecule has 0 atom stereocenters. The van der Waals surface area contributed by atoms with E-state index in [1.54, 1.807) is 6.07 Å². The Morgan fingerprint density at radius 1 is 1.03 bits per heavy atom. The van der Waals surface area contributed by atoms with E-state index >= 15 is 0 Å². The van der Waals surface area contributed by atoms with Gasteiger partial charge in [-0.1, -0.05) is 23.2 Å². The van der Waals surface area contributed by atoms with Crippen LogP contribution >= 0.6 is 23.2 Å².